The van der Waals surface area contributed by atoms with Crippen LogP contribution in [0.15, 0.2) is 0 Å². The van der Waals surface area contributed by atoms with Gasteiger partial charge in [0.2, 0.25) is 0 Å². The SMILES string of the molecule is CCCCCCCCCCCCCCCCCCCCCC(=O)O[C@H](COC(=O)CCCCCCCCC(C)C)COP(=O)(O)OC[C@@H](O)COP(=O)(O)OC[C@@H](COC(=O)CCCCCCCCC)OC(=O)CCCCCCCCC. The van der Waals surface area contributed by atoms with Crippen LogP contribution in [0, 0.1) is 5.92 Å². The van der Waals surface area contributed by atoms with Crippen molar-refractivity contribution in [3.8, 4) is 0 Å². The number of esters is 4. The number of aliphatic hydroxyl groups excluding tert-OH is 1. The molecule has 5 atom stereocenters. The van der Waals surface area contributed by atoms with Crippen molar-refractivity contribution in [2.45, 2.75) is 335 Å². The van der Waals surface area contributed by atoms with E-state index in [1.165, 1.54) is 109 Å². The third kappa shape index (κ3) is 57.2. The Morgan fingerprint density at radius 1 is 0.329 bits per heavy atom. The summed E-state index contributed by atoms with van der Waals surface area (Å²) in [4.78, 5) is 71.8. The van der Waals surface area contributed by atoms with Crippen molar-refractivity contribution in [2.75, 3.05) is 39.6 Å². The van der Waals surface area contributed by atoms with E-state index in [0.29, 0.717) is 31.6 Å². The summed E-state index contributed by atoms with van der Waals surface area (Å²) in [6, 6.07) is 0. The molecule has 0 rings (SSSR count). The van der Waals surface area contributed by atoms with E-state index in [1.54, 1.807) is 0 Å². The molecule has 0 saturated carbocycles. The lowest BCUT2D eigenvalue weighted by Crippen LogP contribution is -2.30. The Hall–Kier alpha value is -1.94. The number of unbranched alkanes of at least 4 members (excludes halogenated alkanes) is 35. The van der Waals surface area contributed by atoms with E-state index in [2.05, 4.69) is 34.6 Å². The van der Waals surface area contributed by atoms with Gasteiger partial charge >= 0.3 is 39.5 Å². The molecular formula is C63H122O17P2. The summed E-state index contributed by atoms with van der Waals surface area (Å²) < 4.78 is 67.7. The maximum Gasteiger partial charge on any atom is 0.472 e. The summed E-state index contributed by atoms with van der Waals surface area (Å²) in [5, 5.41) is 10.5. The van der Waals surface area contributed by atoms with E-state index in [4.69, 9.17) is 37.0 Å². The van der Waals surface area contributed by atoms with Gasteiger partial charge in [0.25, 0.3) is 0 Å². The Morgan fingerprint density at radius 3 is 0.829 bits per heavy atom. The second-order valence-corrected chi connectivity index (χ2v) is 26.2. The molecule has 486 valence electrons. The predicted octanol–water partition coefficient (Wildman–Crippen LogP) is 17.4. The maximum atomic E-state index is 13.0. The minimum absolute atomic E-state index is 0.103. The number of phosphoric ester groups is 2. The zero-order valence-electron chi connectivity index (χ0n) is 52.6. The summed E-state index contributed by atoms with van der Waals surface area (Å²) in [6.45, 7) is 7.02. The van der Waals surface area contributed by atoms with Crippen molar-refractivity contribution in [1.29, 1.82) is 0 Å². The molecule has 0 radical (unpaired) electrons. The summed E-state index contributed by atoms with van der Waals surface area (Å²) in [5.41, 5.74) is 0. The predicted molar refractivity (Wildman–Crippen MR) is 326 cm³/mol. The van der Waals surface area contributed by atoms with Gasteiger partial charge in [-0.15, -0.1) is 0 Å². The van der Waals surface area contributed by atoms with Crippen molar-refractivity contribution < 1.29 is 80.2 Å². The number of ether oxygens (including phenoxy) is 4. The first-order chi connectivity index (χ1) is 39.5. The summed E-state index contributed by atoms with van der Waals surface area (Å²) >= 11 is 0. The minimum Gasteiger partial charge on any atom is -0.462 e. The summed E-state index contributed by atoms with van der Waals surface area (Å²) in [7, 11) is -9.87. The maximum absolute atomic E-state index is 13.0. The molecule has 17 nitrogen and oxygen atoms in total. The zero-order valence-corrected chi connectivity index (χ0v) is 54.4. The fourth-order valence-corrected chi connectivity index (χ4v) is 11.0. The molecule has 0 aromatic carbocycles. The highest BCUT2D eigenvalue weighted by molar-refractivity contribution is 7.47. The molecule has 0 bridgehead atoms. The molecule has 2 unspecified atom stereocenters. The van der Waals surface area contributed by atoms with Crippen LogP contribution in [0.1, 0.15) is 317 Å². The highest BCUT2D eigenvalue weighted by Crippen LogP contribution is 2.45. The number of phosphoric acid groups is 2. The largest absolute Gasteiger partial charge is 0.472 e. The molecule has 0 aromatic heterocycles. The van der Waals surface area contributed by atoms with Crippen molar-refractivity contribution >= 4 is 39.5 Å². The van der Waals surface area contributed by atoms with Crippen LogP contribution in [0.4, 0.5) is 0 Å². The topological polar surface area (TPSA) is 237 Å². The first kappa shape index (κ1) is 80.1. The molecule has 3 N–H and O–H groups in total. The van der Waals surface area contributed by atoms with E-state index < -0.39 is 97.5 Å². The number of hydrogen-bond donors (Lipinski definition) is 3. The minimum atomic E-state index is -4.94. The number of carbonyl (C=O) groups is 4. The molecule has 0 saturated heterocycles. The Balaban J connectivity index is 5.10. The fourth-order valence-electron chi connectivity index (χ4n) is 9.41. The van der Waals surface area contributed by atoms with Crippen molar-refractivity contribution in [2.24, 2.45) is 5.92 Å². The smallest absolute Gasteiger partial charge is 0.462 e. The highest BCUT2D eigenvalue weighted by atomic mass is 31.2. The van der Waals surface area contributed by atoms with Crippen LogP contribution >= 0.6 is 15.6 Å². The van der Waals surface area contributed by atoms with E-state index in [0.717, 1.165) is 122 Å². The van der Waals surface area contributed by atoms with Crippen LogP contribution in [0.3, 0.4) is 0 Å². The molecule has 0 spiro atoms. The van der Waals surface area contributed by atoms with E-state index in [9.17, 15) is 43.2 Å². The monoisotopic (exact) mass is 1210 g/mol. The molecule has 0 aliphatic rings. The Kier molecular flexibility index (Phi) is 55.5. The second kappa shape index (κ2) is 56.8. The van der Waals surface area contributed by atoms with Gasteiger partial charge in [-0.25, -0.2) is 9.13 Å². The zero-order chi connectivity index (χ0) is 60.6. The highest BCUT2D eigenvalue weighted by Gasteiger charge is 2.30. The third-order valence-electron chi connectivity index (χ3n) is 14.5. The van der Waals surface area contributed by atoms with Gasteiger partial charge in [-0.05, 0) is 31.6 Å². The summed E-state index contributed by atoms with van der Waals surface area (Å²) in [6.07, 6.45) is 40.9. The molecule has 0 fully saturated rings. The van der Waals surface area contributed by atoms with Crippen LogP contribution in [0.5, 0.6) is 0 Å². The van der Waals surface area contributed by atoms with Crippen LogP contribution in [0.25, 0.3) is 0 Å². The Morgan fingerprint density at radius 2 is 0.561 bits per heavy atom. The van der Waals surface area contributed by atoms with Crippen molar-refractivity contribution in [1.82, 2.24) is 0 Å². The quantitative estimate of drug-likeness (QED) is 0.0222. The Labute approximate surface area is 498 Å². The number of rotatable bonds is 63. The molecule has 0 aliphatic heterocycles. The average molecular weight is 1210 g/mol. The van der Waals surface area contributed by atoms with Gasteiger partial charge in [0.05, 0.1) is 26.4 Å². The molecule has 0 amide bonds. The fraction of sp³-hybridized carbons (Fsp3) is 0.937. The molecule has 0 aromatic rings. The van der Waals surface area contributed by atoms with E-state index in [1.807, 2.05) is 0 Å². The lowest BCUT2D eigenvalue weighted by Gasteiger charge is -2.21. The molecule has 0 aliphatic carbocycles. The molecular weight excluding hydrogens is 1090 g/mol. The Bertz CT molecular complexity index is 1600. The van der Waals surface area contributed by atoms with Gasteiger partial charge in [0.15, 0.2) is 12.2 Å². The number of aliphatic hydroxyl groups is 1. The van der Waals surface area contributed by atoms with Crippen molar-refractivity contribution in [3.63, 3.8) is 0 Å². The number of hydrogen-bond acceptors (Lipinski definition) is 15. The molecule has 19 heteroatoms. The van der Waals surface area contributed by atoms with E-state index in [-0.39, 0.29) is 25.7 Å². The van der Waals surface area contributed by atoms with Gasteiger partial charge in [-0.3, -0.25) is 37.3 Å². The normalized spacial score (nSPS) is 14.3. The van der Waals surface area contributed by atoms with Crippen LogP contribution in [-0.4, -0.2) is 96.7 Å². The van der Waals surface area contributed by atoms with Crippen LogP contribution in [-0.2, 0) is 65.4 Å². The molecule has 82 heavy (non-hydrogen) atoms. The van der Waals surface area contributed by atoms with Gasteiger partial charge in [-0.1, -0.05) is 266 Å². The van der Waals surface area contributed by atoms with Crippen molar-refractivity contribution in [3.05, 3.63) is 0 Å². The van der Waals surface area contributed by atoms with Gasteiger partial charge in [0.1, 0.15) is 19.3 Å². The van der Waals surface area contributed by atoms with Crippen LogP contribution in [0.2, 0.25) is 0 Å². The lowest BCUT2D eigenvalue weighted by atomic mass is 10.0. The summed E-state index contributed by atoms with van der Waals surface area (Å²) in [5.74, 6) is -1.47. The average Bonchev–Trinajstić information content (AvgIpc) is 3.44. The van der Waals surface area contributed by atoms with Gasteiger partial charge < -0.3 is 33.8 Å². The first-order valence-electron chi connectivity index (χ1n) is 33.1. The van der Waals surface area contributed by atoms with Crippen LogP contribution < -0.4 is 0 Å². The standard InChI is InChI=1S/C63H122O17P2/c1-6-9-12-15-18-19-20-21-22-23-24-25-26-27-28-29-32-39-44-49-63(68)80-59(53-74-61(66)47-42-37-34-33-35-40-45-56(4)5)55-78-82(71,72)76-51-57(64)50-75-81(69,70)77-54-58(79-62(67)48-43-38-31-17-14-11-8-3)52-73-60(65)46-41-36-30-16-13-10-7-2/h56-59,64H,6-55H2,1-5H3,(H,69,70)(H,71,72)/t57-,58+,59+/m0/s1. The third-order valence-corrected chi connectivity index (χ3v) is 16.4. The first-order valence-corrected chi connectivity index (χ1v) is 36.1. The molecule has 0 heterocycles. The van der Waals surface area contributed by atoms with E-state index >= 15 is 0 Å². The van der Waals surface area contributed by atoms with Gasteiger partial charge in [0, 0.05) is 25.7 Å². The second-order valence-electron chi connectivity index (χ2n) is 23.3. The lowest BCUT2D eigenvalue weighted by molar-refractivity contribution is -0.161. The van der Waals surface area contributed by atoms with Gasteiger partial charge in [-0.2, -0.15) is 0 Å². The number of carbonyl (C=O) groups excluding carboxylic acids is 4.